The number of nitrogens with zero attached hydrogens (tertiary/aromatic N) is 2. The minimum absolute atomic E-state index is 0.102. The molecule has 2 aliphatic rings. The summed E-state index contributed by atoms with van der Waals surface area (Å²) in [6.45, 7) is 1.49. The molecule has 0 bridgehead atoms. The highest BCUT2D eigenvalue weighted by atomic mass is 16.2. The first-order chi connectivity index (χ1) is 14.5. The van der Waals surface area contributed by atoms with E-state index < -0.39 is 11.8 Å². The number of nitrogens with one attached hydrogen (secondary N) is 2. The normalized spacial score (nSPS) is 18.5. The van der Waals surface area contributed by atoms with Gasteiger partial charge in [0, 0.05) is 38.9 Å². The summed E-state index contributed by atoms with van der Waals surface area (Å²) in [4.78, 5) is 50.8. The molecule has 1 aromatic rings. The molecule has 1 saturated carbocycles. The molecule has 1 saturated heterocycles. The smallest absolute Gasteiger partial charge is 0.309 e. The Morgan fingerprint density at radius 1 is 1.00 bits per heavy atom. The molecule has 1 aliphatic heterocycles. The first kappa shape index (κ1) is 22.1. The van der Waals surface area contributed by atoms with Crippen molar-refractivity contribution in [1.29, 1.82) is 0 Å². The van der Waals surface area contributed by atoms with E-state index in [2.05, 4.69) is 10.6 Å². The summed E-state index contributed by atoms with van der Waals surface area (Å²) in [5.41, 5.74) is -0.112. The average Bonchev–Trinajstić information content (AvgIpc) is 3.02. The van der Waals surface area contributed by atoms with Crippen LogP contribution in [-0.2, 0) is 16.6 Å². The number of carbonyl (C=O) groups excluding carboxylic acids is 3. The van der Waals surface area contributed by atoms with E-state index in [-0.39, 0.29) is 29.0 Å². The molecular weight excluding hydrogens is 384 g/mol. The summed E-state index contributed by atoms with van der Waals surface area (Å²) in [5.74, 6) is -1.16. The molecular formula is C22H32N4O4. The topological polar surface area (TPSA) is 101 Å². The van der Waals surface area contributed by atoms with E-state index in [9.17, 15) is 19.2 Å². The van der Waals surface area contributed by atoms with Crippen LogP contribution in [0, 0.1) is 5.92 Å². The molecule has 2 fully saturated rings. The fourth-order valence-corrected chi connectivity index (χ4v) is 4.26. The highest BCUT2D eigenvalue weighted by molar-refractivity contribution is 6.35. The number of carbonyl (C=O) groups is 3. The van der Waals surface area contributed by atoms with Gasteiger partial charge in [0.15, 0.2) is 0 Å². The van der Waals surface area contributed by atoms with E-state index in [1.54, 1.807) is 30.3 Å². The van der Waals surface area contributed by atoms with E-state index in [0.29, 0.717) is 19.6 Å². The Bertz CT molecular complexity index is 819. The SMILES string of the molecule is Cn1cccc(C(=O)N2CCC(CNC(=O)C(=O)NC3CCCCCC3)CC2)c1=O. The van der Waals surface area contributed by atoms with Gasteiger partial charge in [0.2, 0.25) is 0 Å². The lowest BCUT2D eigenvalue weighted by Crippen LogP contribution is -2.47. The van der Waals surface area contributed by atoms with E-state index >= 15 is 0 Å². The van der Waals surface area contributed by atoms with Gasteiger partial charge in [-0.3, -0.25) is 19.2 Å². The third-order valence-corrected chi connectivity index (χ3v) is 6.20. The van der Waals surface area contributed by atoms with Crippen LogP contribution in [0.3, 0.4) is 0 Å². The minimum Gasteiger partial charge on any atom is -0.348 e. The van der Waals surface area contributed by atoms with E-state index in [0.717, 1.165) is 38.5 Å². The van der Waals surface area contributed by atoms with E-state index in [4.69, 9.17) is 0 Å². The van der Waals surface area contributed by atoms with Gasteiger partial charge in [-0.05, 0) is 43.7 Å². The molecule has 2 N–H and O–H groups in total. The molecule has 1 aromatic heterocycles. The number of amides is 3. The number of rotatable bonds is 4. The van der Waals surface area contributed by atoms with Gasteiger partial charge < -0.3 is 20.1 Å². The predicted octanol–water partition coefficient (Wildman–Crippen LogP) is 1.19. The van der Waals surface area contributed by atoms with Crippen LogP contribution in [0.1, 0.15) is 61.7 Å². The highest BCUT2D eigenvalue weighted by Crippen LogP contribution is 2.18. The number of pyridine rings is 1. The quantitative estimate of drug-likeness (QED) is 0.569. The van der Waals surface area contributed by atoms with Crippen molar-refractivity contribution in [2.24, 2.45) is 13.0 Å². The Hall–Kier alpha value is -2.64. The van der Waals surface area contributed by atoms with Crippen molar-refractivity contribution in [3.63, 3.8) is 0 Å². The third kappa shape index (κ3) is 5.70. The van der Waals surface area contributed by atoms with Crippen LogP contribution in [-0.4, -0.2) is 52.9 Å². The molecule has 0 atom stereocenters. The van der Waals surface area contributed by atoms with Gasteiger partial charge in [0.05, 0.1) is 0 Å². The second kappa shape index (κ2) is 10.4. The number of likely N-dealkylation sites (tertiary alicyclic amines) is 1. The number of hydrogen-bond acceptors (Lipinski definition) is 4. The molecule has 3 amide bonds. The number of piperidine rings is 1. The molecule has 3 rings (SSSR count). The third-order valence-electron chi connectivity index (χ3n) is 6.20. The predicted molar refractivity (Wildman–Crippen MR) is 113 cm³/mol. The standard InChI is InChI=1S/C22H32N4O4/c1-25-12-6-9-18(21(25)29)22(30)26-13-10-16(11-14-26)15-23-19(27)20(28)24-17-7-4-2-3-5-8-17/h6,9,12,16-17H,2-5,7-8,10-11,13-15H2,1H3,(H,23,27)(H,24,28). The Labute approximate surface area is 177 Å². The Kier molecular flexibility index (Phi) is 7.65. The lowest BCUT2D eigenvalue weighted by atomic mass is 9.96. The van der Waals surface area contributed by atoms with Crippen molar-refractivity contribution >= 4 is 17.7 Å². The van der Waals surface area contributed by atoms with Gasteiger partial charge in [-0.15, -0.1) is 0 Å². The summed E-state index contributed by atoms with van der Waals surface area (Å²) in [7, 11) is 1.63. The molecule has 0 aromatic carbocycles. The molecule has 2 heterocycles. The molecule has 164 valence electrons. The zero-order valence-corrected chi connectivity index (χ0v) is 17.7. The first-order valence-corrected chi connectivity index (χ1v) is 11.0. The Morgan fingerprint density at radius 2 is 1.67 bits per heavy atom. The van der Waals surface area contributed by atoms with E-state index in [1.807, 2.05) is 0 Å². The summed E-state index contributed by atoms with van der Waals surface area (Å²) in [5, 5.41) is 5.60. The number of hydrogen-bond donors (Lipinski definition) is 2. The second-order valence-corrected chi connectivity index (χ2v) is 8.45. The maximum atomic E-state index is 12.6. The van der Waals surface area contributed by atoms with Crippen LogP contribution in [0.4, 0.5) is 0 Å². The maximum absolute atomic E-state index is 12.6. The molecule has 1 aliphatic carbocycles. The van der Waals surface area contributed by atoms with Gasteiger partial charge in [0.1, 0.15) is 5.56 Å². The fourth-order valence-electron chi connectivity index (χ4n) is 4.26. The Balaban J connectivity index is 1.41. The van der Waals surface area contributed by atoms with Crippen molar-refractivity contribution in [3.05, 3.63) is 34.2 Å². The number of aromatic nitrogens is 1. The minimum atomic E-state index is -0.578. The van der Waals surface area contributed by atoms with Crippen molar-refractivity contribution in [2.45, 2.75) is 57.4 Å². The summed E-state index contributed by atoms with van der Waals surface area (Å²) >= 11 is 0. The zero-order chi connectivity index (χ0) is 21.5. The summed E-state index contributed by atoms with van der Waals surface area (Å²) in [6.07, 6.45) is 9.54. The largest absolute Gasteiger partial charge is 0.348 e. The van der Waals surface area contributed by atoms with Crippen molar-refractivity contribution in [2.75, 3.05) is 19.6 Å². The average molecular weight is 417 g/mol. The second-order valence-electron chi connectivity index (χ2n) is 8.45. The van der Waals surface area contributed by atoms with Crippen LogP contribution in [0.15, 0.2) is 23.1 Å². The molecule has 0 unspecified atom stereocenters. The van der Waals surface area contributed by atoms with E-state index in [1.165, 1.54) is 17.4 Å². The molecule has 0 spiro atoms. The van der Waals surface area contributed by atoms with Gasteiger partial charge in [-0.1, -0.05) is 25.7 Å². The summed E-state index contributed by atoms with van der Waals surface area (Å²) in [6, 6.07) is 3.35. The van der Waals surface area contributed by atoms with Gasteiger partial charge >= 0.3 is 11.8 Å². The highest BCUT2D eigenvalue weighted by Gasteiger charge is 2.26. The molecule has 0 radical (unpaired) electrons. The van der Waals surface area contributed by atoms with Crippen LogP contribution < -0.4 is 16.2 Å². The van der Waals surface area contributed by atoms with Crippen LogP contribution in [0.2, 0.25) is 0 Å². The Morgan fingerprint density at radius 3 is 2.33 bits per heavy atom. The maximum Gasteiger partial charge on any atom is 0.309 e. The number of aryl methyl sites for hydroxylation is 1. The molecule has 30 heavy (non-hydrogen) atoms. The lowest BCUT2D eigenvalue weighted by molar-refractivity contribution is -0.139. The van der Waals surface area contributed by atoms with Gasteiger partial charge in [-0.25, -0.2) is 0 Å². The zero-order valence-electron chi connectivity index (χ0n) is 17.7. The fraction of sp³-hybridized carbons (Fsp3) is 0.636. The summed E-state index contributed by atoms with van der Waals surface area (Å²) < 4.78 is 1.40. The monoisotopic (exact) mass is 416 g/mol. The van der Waals surface area contributed by atoms with Gasteiger partial charge in [0.25, 0.3) is 11.5 Å². The first-order valence-electron chi connectivity index (χ1n) is 11.0. The van der Waals surface area contributed by atoms with Crippen LogP contribution >= 0.6 is 0 Å². The van der Waals surface area contributed by atoms with Crippen molar-refractivity contribution < 1.29 is 14.4 Å². The van der Waals surface area contributed by atoms with Crippen molar-refractivity contribution in [3.8, 4) is 0 Å². The van der Waals surface area contributed by atoms with Crippen LogP contribution in [0.5, 0.6) is 0 Å². The van der Waals surface area contributed by atoms with Crippen LogP contribution in [0.25, 0.3) is 0 Å². The molecule has 8 heteroatoms. The lowest BCUT2D eigenvalue weighted by Gasteiger charge is -2.32. The van der Waals surface area contributed by atoms with Crippen molar-refractivity contribution in [1.82, 2.24) is 20.1 Å². The van der Waals surface area contributed by atoms with Gasteiger partial charge in [-0.2, -0.15) is 0 Å². The molecule has 8 nitrogen and oxygen atoms in total.